The van der Waals surface area contributed by atoms with Crippen LogP contribution < -0.4 is 5.32 Å². The van der Waals surface area contributed by atoms with Crippen LogP contribution in [0.25, 0.3) is 0 Å². The van der Waals surface area contributed by atoms with E-state index in [1.165, 1.54) is 6.20 Å². The van der Waals surface area contributed by atoms with Crippen LogP contribution >= 0.6 is 0 Å². The van der Waals surface area contributed by atoms with Gasteiger partial charge in [0.25, 0.3) is 0 Å². The Morgan fingerprint density at radius 2 is 2.10 bits per heavy atom. The Balaban J connectivity index is 1.89. The van der Waals surface area contributed by atoms with Gasteiger partial charge in [-0.1, -0.05) is 6.92 Å². The van der Waals surface area contributed by atoms with E-state index >= 15 is 0 Å². The highest BCUT2D eigenvalue weighted by atomic mass is 16.4. The molecular formula is C14H19N3O3. The standard InChI is InChI=1S/C14H19N3O3/c1-10-4-6-17(7-5-10)14(20)16-12-3-2-11(15-9-12)8-13(18)19/h2-3,9-10H,4-8H2,1H3,(H,16,20)(H,18,19). The van der Waals surface area contributed by atoms with Gasteiger partial charge < -0.3 is 15.3 Å². The van der Waals surface area contributed by atoms with Crippen LogP contribution in [-0.2, 0) is 11.2 Å². The number of nitrogens with zero attached hydrogens (tertiary/aromatic N) is 2. The minimum atomic E-state index is -0.920. The van der Waals surface area contributed by atoms with E-state index in [1.807, 2.05) is 0 Å². The first-order chi connectivity index (χ1) is 9.54. The van der Waals surface area contributed by atoms with Crippen LogP contribution in [0.5, 0.6) is 0 Å². The van der Waals surface area contributed by atoms with Crippen molar-refractivity contribution in [1.82, 2.24) is 9.88 Å². The zero-order chi connectivity index (χ0) is 14.5. The molecule has 2 N–H and O–H groups in total. The molecule has 0 radical (unpaired) electrons. The molecule has 0 unspecified atom stereocenters. The van der Waals surface area contributed by atoms with Gasteiger partial charge in [0.05, 0.1) is 24.0 Å². The lowest BCUT2D eigenvalue weighted by Gasteiger charge is -2.30. The second-order valence-electron chi connectivity index (χ2n) is 5.21. The smallest absolute Gasteiger partial charge is 0.321 e. The molecule has 1 aromatic heterocycles. The lowest BCUT2D eigenvalue weighted by atomic mass is 10.00. The van der Waals surface area contributed by atoms with Gasteiger partial charge in [0.15, 0.2) is 0 Å². The maximum Gasteiger partial charge on any atom is 0.321 e. The fourth-order valence-electron chi connectivity index (χ4n) is 2.17. The van der Waals surface area contributed by atoms with Crippen LogP contribution in [0, 0.1) is 5.92 Å². The number of nitrogens with one attached hydrogen (secondary N) is 1. The number of rotatable bonds is 3. The number of pyridine rings is 1. The second-order valence-corrected chi connectivity index (χ2v) is 5.21. The molecule has 0 bridgehead atoms. The number of carbonyl (C=O) groups excluding carboxylic acids is 1. The van der Waals surface area contributed by atoms with E-state index in [4.69, 9.17) is 5.11 Å². The molecule has 2 amide bonds. The molecule has 1 fully saturated rings. The van der Waals surface area contributed by atoms with Crippen LogP contribution in [0.15, 0.2) is 18.3 Å². The number of likely N-dealkylation sites (tertiary alicyclic amines) is 1. The number of piperidine rings is 1. The Kier molecular flexibility index (Phi) is 4.55. The first-order valence-corrected chi connectivity index (χ1v) is 6.77. The van der Waals surface area contributed by atoms with Crippen molar-refractivity contribution in [3.63, 3.8) is 0 Å². The number of urea groups is 1. The fraction of sp³-hybridized carbons (Fsp3) is 0.500. The highest BCUT2D eigenvalue weighted by Crippen LogP contribution is 2.17. The predicted octanol–water partition coefficient (Wildman–Crippen LogP) is 1.97. The molecule has 6 nitrogen and oxygen atoms in total. The summed E-state index contributed by atoms with van der Waals surface area (Å²) in [5.41, 5.74) is 1.06. The number of hydrogen-bond acceptors (Lipinski definition) is 3. The summed E-state index contributed by atoms with van der Waals surface area (Å²) in [5.74, 6) is -0.243. The largest absolute Gasteiger partial charge is 0.481 e. The monoisotopic (exact) mass is 277 g/mol. The van der Waals surface area contributed by atoms with Crippen molar-refractivity contribution >= 4 is 17.7 Å². The molecule has 0 atom stereocenters. The van der Waals surface area contributed by atoms with E-state index < -0.39 is 5.97 Å². The minimum absolute atomic E-state index is 0.113. The molecule has 20 heavy (non-hydrogen) atoms. The van der Waals surface area contributed by atoms with E-state index in [9.17, 15) is 9.59 Å². The van der Waals surface area contributed by atoms with Gasteiger partial charge >= 0.3 is 12.0 Å². The van der Waals surface area contributed by atoms with Crippen LogP contribution in [-0.4, -0.2) is 40.1 Å². The van der Waals surface area contributed by atoms with E-state index in [0.29, 0.717) is 17.3 Å². The third-order valence-electron chi connectivity index (χ3n) is 3.48. The molecule has 1 aliphatic rings. The zero-order valence-electron chi connectivity index (χ0n) is 11.5. The van der Waals surface area contributed by atoms with E-state index in [1.54, 1.807) is 17.0 Å². The van der Waals surface area contributed by atoms with Crippen molar-refractivity contribution in [1.29, 1.82) is 0 Å². The number of aliphatic carboxylic acids is 1. The summed E-state index contributed by atoms with van der Waals surface area (Å²) in [6, 6.07) is 3.17. The van der Waals surface area contributed by atoms with E-state index in [-0.39, 0.29) is 12.5 Å². The first kappa shape index (κ1) is 14.3. The summed E-state index contributed by atoms with van der Waals surface area (Å²) < 4.78 is 0. The lowest BCUT2D eigenvalue weighted by Crippen LogP contribution is -2.40. The van der Waals surface area contributed by atoms with E-state index in [2.05, 4.69) is 17.2 Å². The van der Waals surface area contributed by atoms with Crippen molar-refractivity contribution in [2.75, 3.05) is 18.4 Å². The molecule has 1 saturated heterocycles. The summed E-state index contributed by atoms with van der Waals surface area (Å²) in [5, 5.41) is 11.4. The third-order valence-corrected chi connectivity index (χ3v) is 3.48. The van der Waals surface area contributed by atoms with E-state index in [0.717, 1.165) is 25.9 Å². The molecule has 2 heterocycles. The second kappa shape index (κ2) is 6.36. The summed E-state index contributed by atoms with van der Waals surface area (Å²) in [7, 11) is 0. The molecule has 0 aliphatic carbocycles. The Bertz CT molecular complexity index is 479. The third kappa shape index (κ3) is 3.94. The van der Waals surface area contributed by atoms with Gasteiger partial charge in [-0.05, 0) is 30.9 Å². The molecule has 2 rings (SSSR count). The van der Waals surface area contributed by atoms with Crippen molar-refractivity contribution < 1.29 is 14.7 Å². The first-order valence-electron chi connectivity index (χ1n) is 6.77. The molecule has 0 aromatic carbocycles. The Morgan fingerprint density at radius 1 is 1.40 bits per heavy atom. The van der Waals surface area contributed by atoms with Gasteiger partial charge in [-0.2, -0.15) is 0 Å². The molecule has 1 aliphatic heterocycles. The van der Waals surface area contributed by atoms with Crippen LogP contribution in [0.4, 0.5) is 10.5 Å². The number of anilines is 1. The molecule has 6 heteroatoms. The molecule has 0 spiro atoms. The molecular weight excluding hydrogens is 258 g/mol. The topological polar surface area (TPSA) is 82.5 Å². The van der Waals surface area contributed by atoms with Crippen molar-refractivity contribution in [2.24, 2.45) is 5.92 Å². The number of carbonyl (C=O) groups is 2. The number of carboxylic acids is 1. The number of amides is 2. The maximum absolute atomic E-state index is 12.0. The van der Waals surface area contributed by atoms with Gasteiger partial charge in [0.1, 0.15) is 0 Å². The predicted molar refractivity (Wildman–Crippen MR) is 74.6 cm³/mol. The average molecular weight is 277 g/mol. The Labute approximate surface area is 117 Å². The molecule has 1 aromatic rings. The summed E-state index contributed by atoms with van der Waals surface area (Å²) in [4.78, 5) is 28.4. The number of carboxylic acid groups (broad SMARTS) is 1. The van der Waals surface area contributed by atoms with Crippen LogP contribution in [0.3, 0.4) is 0 Å². The van der Waals surface area contributed by atoms with Crippen LogP contribution in [0.1, 0.15) is 25.5 Å². The fourth-order valence-corrected chi connectivity index (χ4v) is 2.17. The quantitative estimate of drug-likeness (QED) is 0.885. The van der Waals surface area contributed by atoms with Crippen molar-refractivity contribution in [3.8, 4) is 0 Å². The highest BCUT2D eigenvalue weighted by molar-refractivity contribution is 5.89. The summed E-state index contributed by atoms with van der Waals surface area (Å²) >= 11 is 0. The van der Waals surface area contributed by atoms with Gasteiger partial charge in [-0.15, -0.1) is 0 Å². The minimum Gasteiger partial charge on any atom is -0.481 e. The normalized spacial score (nSPS) is 15.9. The van der Waals surface area contributed by atoms with Crippen LogP contribution in [0.2, 0.25) is 0 Å². The van der Waals surface area contributed by atoms with Gasteiger partial charge in [0.2, 0.25) is 0 Å². The molecule has 108 valence electrons. The van der Waals surface area contributed by atoms with Crippen molar-refractivity contribution in [3.05, 3.63) is 24.0 Å². The van der Waals surface area contributed by atoms with Gasteiger partial charge in [-0.25, -0.2) is 4.79 Å². The highest BCUT2D eigenvalue weighted by Gasteiger charge is 2.20. The van der Waals surface area contributed by atoms with Gasteiger partial charge in [0, 0.05) is 13.1 Å². The SMILES string of the molecule is CC1CCN(C(=O)Nc2ccc(CC(=O)O)nc2)CC1. The molecule has 0 saturated carbocycles. The maximum atomic E-state index is 12.0. The van der Waals surface area contributed by atoms with Gasteiger partial charge in [-0.3, -0.25) is 9.78 Å². The lowest BCUT2D eigenvalue weighted by molar-refractivity contribution is -0.136. The number of hydrogen-bond donors (Lipinski definition) is 2. The summed E-state index contributed by atoms with van der Waals surface area (Å²) in [6.45, 7) is 3.75. The average Bonchev–Trinajstić information content (AvgIpc) is 2.41. The Morgan fingerprint density at radius 3 is 2.65 bits per heavy atom. The zero-order valence-corrected chi connectivity index (χ0v) is 11.5. The summed E-state index contributed by atoms with van der Waals surface area (Å²) in [6.07, 6.45) is 3.44. The number of aromatic nitrogens is 1. The van der Waals surface area contributed by atoms with Crippen molar-refractivity contribution in [2.45, 2.75) is 26.2 Å². The Hall–Kier alpha value is -2.11.